The van der Waals surface area contributed by atoms with E-state index in [1.165, 1.54) is 24.7 Å². The zero-order valence-electron chi connectivity index (χ0n) is 11.3. The van der Waals surface area contributed by atoms with Crippen molar-refractivity contribution in [1.29, 1.82) is 0 Å². The number of halogens is 3. The van der Waals surface area contributed by atoms with Crippen LogP contribution in [0, 0.1) is 11.6 Å². The highest BCUT2D eigenvalue weighted by atomic mass is 79.9. The van der Waals surface area contributed by atoms with Crippen molar-refractivity contribution in [3.63, 3.8) is 0 Å². The summed E-state index contributed by atoms with van der Waals surface area (Å²) in [5.41, 5.74) is -0.973. The fourth-order valence-corrected chi connectivity index (χ4v) is 2.24. The number of nitrogens with one attached hydrogen (secondary N) is 1. The monoisotopic (exact) mass is 359 g/mol. The Morgan fingerprint density at radius 2 is 1.67 bits per heavy atom. The number of anilines is 1. The summed E-state index contributed by atoms with van der Waals surface area (Å²) in [6.45, 7) is -0.0582. The van der Waals surface area contributed by atoms with E-state index in [0.29, 0.717) is 5.69 Å². The second-order valence-corrected chi connectivity index (χ2v) is 5.39. The maximum atomic E-state index is 13.7. The number of hydrogen-bond donors (Lipinski definition) is 1. The van der Waals surface area contributed by atoms with Crippen LogP contribution in [0.1, 0.15) is 5.69 Å². The first kappa shape index (κ1) is 15.4. The first-order chi connectivity index (χ1) is 9.81. The maximum Gasteiger partial charge on any atom is 0.330 e. The van der Waals surface area contributed by atoms with Gasteiger partial charge in [-0.1, -0.05) is 15.9 Å². The van der Waals surface area contributed by atoms with Gasteiger partial charge in [0.15, 0.2) is 0 Å². The minimum atomic E-state index is -0.768. The molecule has 1 heterocycles. The number of nitrogens with zero attached hydrogens (tertiary/aromatic N) is 2. The summed E-state index contributed by atoms with van der Waals surface area (Å²) in [5.74, 6) is -1.54. The molecular weight excluding hydrogens is 348 g/mol. The Balaban J connectivity index is 2.34. The summed E-state index contributed by atoms with van der Waals surface area (Å²) in [4.78, 5) is 23.3. The van der Waals surface area contributed by atoms with Gasteiger partial charge in [-0.2, -0.15) is 0 Å². The second-order valence-electron chi connectivity index (χ2n) is 4.47. The van der Waals surface area contributed by atoms with E-state index in [1.807, 2.05) is 0 Å². The summed E-state index contributed by atoms with van der Waals surface area (Å²) in [6.07, 6.45) is 0. The van der Waals surface area contributed by atoms with Gasteiger partial charge in [0.25, 0.3) is 5.56 Å². The third-order valence-corrected chi connectivity index (χ3v) is 3.54. The molecule has 0 saturated heterocycles. The second kappa shape index (κ2) is 5.80. The molecule has 0 aliphatic rings. The lowest BCUT2D eigenvalue weighted by Crippen LogP contribution is -2.38. The summed E-state index contributed by atoms with van der Waals surface area (Å²) in [5, 5.41) is 2.56. The Morgan fingerprint density at radius 3 is 2.24 bits per heavy atom. The molecule has 0 spiro atoms. The van der Waals surface area contributed by atoms with E-state index in [1.54, 1.807) is 0 Å². The molecule has 1 aromatic heterocycles. The van der Waals surface area contributed by atoms with Crippen molar-refractivity contribution in [3.05, 3.63) is 60.8 Å². The van der Waals surface area contributed by atoms with Crippen LogP contribution >= 0.6 is 15.9 Å². The van der Waals surface area contributed by atoms with Gasteiger partial charge < -0.3 is 5.32 Å². The van der Waals surface area contributed by atoms with Gasteiger partial charge >= 0.3 is 5.69 Å². The number of hydrogen-bond acceptors (Lipinski definition) is 3. The maximum absolute atomic E-state index is 13.7. The molecule has 2 aromatic rings. The van der Waals surface area contributed by atoms with Gasteiger partial charge in [0, 0.05) is 30.3 Å². The van der Waals surface area contributed by atoms with Crippen molar-refractivity contribution in [2.45, 2.75) is 6.54 Å². The van der Waals surface area contributed by atoms with Crippen LogP contribution < -0.4 is 16.6 Å². The third-order valence-electron chi connectivity index (χ3n) is 3.08. The molecule has 0 unspecified atom stereocenters. The van der Waals surface area contributed by atoms with Crippen LogP contribution in [-0.4, -0.2) is 9.13 Å². The molecule has 0 aliphatic heterocycles. The fraction of sp³-hybridized carbons (Fsp3) is 0.231. The van der Waals surface area contributed by atoms with E-state index in [2.05, 4.69) is 21.2 Å². The molecule has 1 N–H and O–H groups in total. The highest BCUT2D eigenvalue weighted by molar-refractivity contribution is 9.10. The average Bonchev–Trinajstić information content (AvgIpc) is 2.40. The van der Waals surface area contributed by atoms with Crippen LogP contribution in [0.4, 0.5) is 14.5 Å². The summed E-state index contributed by atoms with van der Waals surface area (Å²) in [6, 6.07) is 3.48. The SMILES string of the molecule is Cn1c(CNc2c(F)cc(Br)cc2F)cc(=O)n(C)c1=O. The number of benzene rings is 1. The number of rotatable bonds is 3. The highest BCUT2D eigenvalue weighted by Crippen LogP contribution is 2.24. The molecule has 0 aliphatic carbocycles. The van der Waals surface area contributed by atoms with Crippen LogP contribution in [0.25, 0.3) is 0 Å². The molecule has 0 amide bonds. The highest BCUT2D eigenvalue weighted by Gasteiger charge is 2.12. The molecule has 8 heteroatoms. The predicted octanol–water partition coefficient (Wildman–Crippen LogP) is 1.74. The van der Waals surface area contributed by atoms with E-state index in [0.717, 1.165) is 16.7 Å². The molecule has 0 radical (unpaired) electrons. The molecule has 0 saturated carbocycles. The van der Waals surface area contributed by atoms with E-state index in [4.69, 9.17) is 0 Å². The van der Waals surface area contributed by atoms with Crippen LogP contribution in [-0.2, 0) is 20.6 Å². The van der Waals surface area contributed by atoms with E-state index in [-0.39, 0.29) is 16.7 Å². The Bertz CT molecular complexity index is 791. The van der Waals surface area contributed by atoms with Gasteiger partial charge in [0.1, 0.15) is 17.3 Å². The molecule has 5 nitrogen and oxygen atoms in total. The molecule has 0 atom stereocenters. The van der Waals surface area contributed by atoms with Crippen molar-refractivity contribution >= 4 is 21.6 Å². The zero-order valence-corrected chi connectivity index (χ0v) is 12.9. The lowest BCUT2D eigenvalue weighted by Gasteiger charge is -2.12. The Kier molecular flexibility index (Phi) is 4.26. The standard InChI is InChI=1S/C13H12BrF2N3O2/c1-18-8(5-11(20)19(2)13(18)21)6-17-12-9(15)3-7(14)4-10(12)16/h3-5,17H,6H2,1-2H3. The summed E-state index contributed by atoms with van der Waals surface area (Å²) >= 11 is 2.98. The minimum Gasteiger partial charge on any atom is -0.375 e. The Morgan fingerprint density at radius 1 is 1.10 bits per heavy atom. The van der Waals surface area contributed by atoms with Gasteiger partial charge in [-0.05, 0) is 12.1 Å². The minimum absolute atomic E-state index is 0.0582. The normalized spacial score (nSPS) is 10.7. The zero-order chi connectivity index (χ0) is 15.7. The van der Waals surface area contributed by atoms with Crippen molar-refractivity contribution < 1.29 is 8.78 Å². The molecule has 2 rings (SSSR count). The fourth-order valence-electron chi connectivity index (χ4n) is 1.84. The van der Waals surface area contributed by atoms with Crippen molar-refractivity contribution in [3.8, 4) is 0 Å². The van der Waals surface area contributed by atoms with Gasteiger partial charge in [-0.25, -0.2) is 13.6 Å². The molecule has 1 aromatic carbocycles. The lowest BCUT2D eigenvalue weighted by atomic mass is 10.2. The Hall–Kier alpha value is -1.96. The Labute approximate surface area is 127 Å². The van der Waals surface area contributed by atoms with Gasteiger partial charge in [0.2, 0.25) is 0 Å². The molecule has 112 valence electrons. The van der Waals surface area contributed by atoms with Crippen LogP contribution in [0.5, 0.6) is 0 Å². The van der Waals surface area contributed by atoms with E-state index >= 15 is 0 Å². The molecular formula is C13H12BrF2N3O2. The van der Waals surface area contributed by atoms with Crippen molar-refractivity contribution in [2.75, 3.05) is 5.32 Å². The topological polar surface area (TPSA) is 56.0 Å². The quantitative estimate of drug-likeness (QED) is 0.907. The lowest BCUT2D eigenvalue weighted by molar-refractivity contribution is 0.584. The van der Waals surface area contributed by atoms with Gasteiger partial charge in [-0.3, -0.25) is 13.9 Å². The largest absolute Gasteiger partial charge is 0.375 e. The molecule has 0 fully saturated rings. The van der Waals surface area contributed by atoms with Crippen LogP contribution in [0.2, 0.25) is 0 Å². The van der Waals surface area contributed by atoms with E-state index < -0.39 is 22.9 Å². The smallest absolute Gasteiger partial charge is 0.330 e. The average molecular weight is 360 g/mol. The third kappa shape index (κ3) is 3.05. The molecule has 21 heavy (non-hydrogen) atoms. The predicted molar refractivity (Wildman–Crippen MR) is 78.3 cm³/mol. The van der Waals surface area contributed by atoms with Crippen molar-refractivity contribution in [2.24, 2.45) is 14.1 Å². The number of aromatic nitrogens is 2. The van der Waals surface area contributed by atoms with E-state index in [9.17, 15) is 18.4 Å². The first-order valence-electron chi connectivity index (χ1n) is 5.95. The van der Waals surface area contributed by atoms with Gasteiger partial charge in [0.05, 0.1) is 6.54 Å². The van der Waals surface area contributed by atoms with Crippen molar-refractivity contribution in [1.82, 2.24) is 9.13 Å². The van der Waals surface area contributed by atoms with Gasteiger partial charge in [-0.15, -0.1) is 0 Å². The summed E-state index contributed by atoms with van der Waals surface area (Å²) in [7, 11) is 2.84. The molecule has 0 bridgehead atoms. The van der Waals surface area contributed by atoms with Crippen LogP contribution in [0.15, 0.2) is 32.3 Å². The van der Waals surface area contributed by atoms with Crippen LogP contribution in [0.3, 0.4) is 0 Å². The summed E-state index contributed by atoms with van der Waals surface area (Å²) < 4.78 is 29.8. The first-order valence-corrected chi connectivity index (χ1v) is 6.75.